The van der Waals surface area contributed by atoms with Gasteiger partial charge in [-0.25, -0.2) is 4.39 Å². The lowest BCUT2D eigenvalue weighted by Crippen LogP contribution is -2.55. The van der Waals surface area contributed by atoms with E-state index in [1.807, 2.05) is 6.92 Å². The van der Waals surface area contributed by atoms with E-state index in [0.717, 1.165) is 26.1 Å². The van der Waals surface area contributed by atoms with Gasteiger partial charge < -0.3 is 10.2 Å². The van der Waals surface area contributed by atoms with Crippen molar-refractivity contribution < 1.29 is 9.18 Å². The number of hydrogen-bond donors (Lipinski definition) is 1. The number of rotatable bonds is 1. The topological polar surface area (TPSA) is 32.3 Å². The maximum Gasteiger partial charge on any atom is 0.228 e. The van der Waals surface area contributed by atoms with Gasteiger partial charge in [0.05, 0.1) is 12.5 Å². The predicted molar refractivity (Wildman–Crippen MR) is 51.6 cm³/mol. The van der Waals surface area contributed by atoms with E-state index in [-0.39, 0.29) is 17.7 Å². The molecule has 0 aromatic carbocycles. The molecule has 2 unspecified atom stereocenters. The number of piperidine rings is 1. The van der Waals surface area contributed by atoms with Crippen LogP contribution in [-0.4, -0.2) is 43.2 Å². The van der Waals surface area contributed by atoms with Crippen LogP contribution in [0.25, 0.3) is 0 Å². The molecule has 2 saturated heterocycles. The molecule has 3 nitrogen and oxygen atoms in total. The number of halogens is 1. The highest BCUT2D eigenvalue weighted by Gasteiger charge is 2.34. The molecule has 4 heteroatoms. The summed E-state index contributed by atoms with van der Waals surface area (Å²) in [7, 11) is 0. The lowest BCUT2D eigenvalue weighted by atomic mass is 9.94. The number of hydrogen-bond acceptors (Lipinski definition) is 2. The molecular weight excluding hydrogens is 183 g/mol. The van der Waals surface area contributed by atoms with Crippen molar-refractivity contribution >= 4 is 5.91 Å². The molecule has 14 heavy (non-hydrogen) atoms. The molecule has 0 saturated carbocycles. The number of carbonyl (C=O) groups excluding carboxylic acids is 1. The van der Waals surface area contributed by atoms with Crippen molar-refractivity contribution in [1.82, 2.24) is 10.2 Å². The van der Waals surface area contributed by atoms with Crippen molar-refractivity contribution in [1.29, 1.82) is 0 Å². The molecule has 0 radical (unpaired) electrons. The fraction of sp³-hybridized carbons (Fsp3) is 0.900. The lowest BCUT2D eigenvalue weighted by Gasteiger charge is -2.37. The Kier molecular flexibility index (Phi) is 2.72. The van der Waals surface area contributed by atoms with Gasteiger partial charge in [0, 0.05) is 19.6 Å². The zero-order chi connectivity index (χ0) is 10.1. The summed E-state index contributed by atoms with van der Waals surface area (Å²) in [5.41, 5.74) is 0. The summed E-state index contributed by atoms with van der Waals surface area (Å²) < 4.78 is 13.4. The first-order valence-electron chi connectivity index (χ1n) is 5.32. The maximum absolute atomic E-state index is 13.4. The minimum Gasteiger partial charge on any atom is -0.339 e. The molecule has 1 N–H and O–H groups in total. The van der Waals surface area contributed by atoms with Crippen molar-refractivity contribution in [3.63, 3.8) is 0 Å². The molecule has 2 atom stereocenters. The molecule has 0 aliphatic carbocycles. The van der Waals surface area contributed by atoms with Crippen LogP contribution in [0.5, 0.6) is 0 Å². The Morgan fingerprint density at radius 1 is 1.50 bits per heavy atom. The van der Waals surface area contributed by atoms with Gasteiger partial charge in [0.2, 0.25) is 5.91 Å². The lowest BCUT2D eigenvalue weighted by molar-refractivity contribution is -0.140. The van der Waals surface area contributed by atoms with Crippen LogP contribution < -0.4 is 5.32 Å². The molecular formula is C10H17FN2O. The summed E-state index contributed by atoms with van der Waals surface area (Å²) in [5.74, 6) is 0.354. The highest BCUT2D eigenvalue weighted by Crippen LogP contribution is 2.21. The summed E-state index contributed by atoms with van der Waals surface area (Å²) in [6, 6.07) is 0. The zero-order valence-corrected chi connectivity index (χ0v) is 8.50. The first-order chi connectivity index (χ1) is 6.68. The fourth-order valence-electron chi connectivity index (χ4n) is 1.94. The number of alkyl halides is 1. The highest BCUT2D eigenvalue weighted by molar-refractivity contribution is 5.80. The van der Waals surface area contributed by atoms with Crippen molar-refractivity contribution in [2.75, 3.05) is 26.2 Å². The van der Waals surface area contributed by atoms with Crippen LogP contribution in [0.3, 0.4) is 0 Å². The van der Waals surface area contributed by atoms with E-state index in [2.05, 4.69) is 5.32 Å². The predicted octanol–water partition coefficient (Wildman–Crippen LogP) is 0.412. The van der Waals surface area contributed by atoms with Crippen LogP contribution in [0.2, 0.25) is 0 Å². The molecule has 0 bridgehead atoms. The van der Waals surface area contributed by atoms with E-state index in [1.54, 1.807) is 4.90 Å². The van der Waals surface area contributed by atoms with Crippen LogP contribution in [0, 0.1) is 11.8 Å². The molecule has 2 fully saturated rings. The molecule has 2 aliphatic heterocycles. The first kappa shape index (κ1) is 9.90. The Hall–Kier alpha value is -0.640. The molecule has 2 rings (SSSR count). The van der Waals surface area contributed by atoms with Gasteiger partial charge in [-0.15, -0.1) is 0 Å². The third kappa shape index (κ3) is 1.75. The standard InChI is InChI=1S/C10H17FN2O/c1-7-2-3-13(6-9(7)11)10(14)8-4-12-5-8/h7-9,12H,2-6H2,1H3. The van der Waals surface area contributed by atoms with Gasteiger partial charge in [-0.2, -0.15) is 0 Å². The van der Waals surface area contributed by atoms with Crippen LogP contribution in [0.15, 0.2) is 0 Å². The minimum atomic E-state index is -0.833. The van der Waals surface area contributed by atoms with Gasteiger partial charge in [-0.1, -0.05) is 6.92 Å². The molecule has 2 aliphatic rings. The Bertz CT molecular complexity index is 230. The van der Waals surface area contributed by atoms with Crippen LogP contribution in [0.1, 0.15) is 13.3 Å². The third-order valence-corrected chi connectivity index (χ3v) is 3.31. The largest absolute Gasteiger partial charge is 0.339 e. The van der Waals surface area contributed by atoms with Crippen LogP contribution >= 0.6 is 0 Å². The monoisotopic (exact) mass is 200 g/mol. The number of carbonyl (C=O) groups is 1. The van der Waals surface area contributed by atoms with Crippen LogP contribution in [0.4, 0.5) is 4.39 Å². The average molecular weight is 200 g/mol. The fourth-order valence-corrected chi connectivity index (χ4v) is 1.94. The van der Waals surface area contributed by atoms with Gasteiger partial charge in [-0.3, -0.25) is 4.79 Å². The normalized spacial score (nSPS) is 34.0. The number of nitrogens with zero attached hydrogens (tertiary/aromatic N) is 1. The van der Waals surface area contributed by atoms with Gasteiger partial charge in [0.25, 0.3) is 0 Å². The highest BCUT2D eigenvalue weighted by atomic mass is 19.1. The summed E-state index contributed by atoms with van der Waals surface area (Å²) in [5, 5.41) is 3.06. The van der Waals surface area contributed by atoms with Crippen molar-refractivity contribution in [2.45, 2.75) is 19.5 Å². The van der Waals surface area contributed by atoms with E-state index >= 15 is 0 Å². The summed E-state index contributed by atoms with van der Waals surface area (Å²) >= 11 is 0. The van der Waals surface area contributed by atoms with E-state index in [4.69, 9.17) is 0 Å². The van der Waals surface area contributed by atoms with Gasteiger partial charge in [0.1, 0.15) is 6.17 Å². The van der Waals surface area contributed by atoms with Gasteiger partial charge >= 0.3 is 0 Å². The Morgan fingerprint density at radius 3 is 2.71 bits per heavy atom. The summed E-state index contributed by atoms with van der Waals surface area (Å²) in [6.07, 6.45) is -0.0340. The Balaban J connectivity index is 1.88. The number of nitrogens with one attached hydrogen (secondary N) is 1. The second-order valence-corrected chi connectivity index (χ2v) is 4.42. The average Bonchev–Trinajstić information content (AvgIpc) is 2.06. The molecule has 80 valence electrons. The zero-order valence-electron chi connectivity index (χ0n) is 8.50. The molecule has 2 heterocycles. The van der Waals surface area contributed by atoms with Crippen molar-refractivity contribution in [3.05, 3.63) is 0 Å². The number of amides is 1. The second-order valence-electron chi connectivity index (χ2n) is 4.42. The number of likely N-dealkylation sites (tertiary alicyclic amines) is 1. The molecule has 0 aromatic heterocycles. The molecule has 0 spiro atoms. The van der Waals surface area contributed by atoms with Gasteiger partial charge in [0.15, 0.2) is 0 Å². The van der Waals surface area contributed by atoms with E-state index in [0.29, 0.717) is 6.54 Å². The maximum atomic E-state index is 13.4. The minimum absolute atomic E-state index is 0.107. The third-order valence-electron chi connectivity index (χ3n) is 3.31. The summed E-state index contributed by atoms with van der Waals surface area (Å²) in [6.45, 7) is 4.48. The molecule has 0 aromatic rings. The SMILES string of the molecule is CC1CCN(C(=O)C2CNC2)CC1F. The smallest absolute Gasteiger partial charge is 0.228 e. The van der Waals surface area contributed by atoms with E-state index in [1.165, 1.54) is 0 Å². The van der Waals surface area contributed by atoms with Crippen molar-refractivity contribution in [2.24, 2.45) is 11.8 Å². The van der Waals surface area contributed by atoms with Crippen molar-refractivity contribution in [3.8, 4) is 0 Å². The second kappa shape index (κ2) is 3.85. The Morgan fingerprint density at radius 2 is 2.21 bits per heavy atom. The summed E-state index contributed by atoms with van der Waals surface area (Å²) in [4.78, 5) is 13.4. The Labute approximate surface area is 83.6 Å². The van der Waals surface area contributed by atoms with Crippen LogP contribution in [-0.2, 0) is 4.79 Å². The molecule has 1 amide bonds. The quantitative estimate of drug-likeness (QED) is 0.665. The van der Waals surface area contributed by atoms with Gasteiger partial charge in [-0.05, 0) is 12.3 Å². The van der Waals surface area contributed by atoms with E-state index in [9.17, 15) is 9.18 Å². The van der Waals surface area contributed by atoms with E-state index < -0.39 is 6.17 Å². The first-order valence-corrected chi connectivity index (χ1v) is 5.32.